The number of likely N-dealkylation sites (tertiary alicyclic amines) is 1. The standard InChI is InChI=1S/C10H20N2O/c1-3-9-6-4-5-7-12(9)10(13)8-11-2/h9,11H,3-8H2,1-2H3/t9-/m1/s1. The summed E-state index contributed by atoms with van der Waals surface area (Å²) >= 11 is 0. The average Bonchev–Trinajstić information content (AvgIpc) is 2.18. The van der Waals surface area contributed by atoms with Crippen molar-refractivity contribution < 1.29 is 4.79 Å². The lowest BCUT2D eigenvalue weighted by molar-refractivity contribution is -0.133. The smallest absolute Gasteiger partial charge is 0.236 e. The van der Waals surface area contributed by atoms with E-state index in [2.05, 4.69) is 12.2 Å². The molecule has 1 atom stereocenters. The molecular weight excluding hydrogens is 164 g/mol. The van der Waals surface area contributed by atoms with Gasteiger partial charge in [0.05, 0.1) is 6.54 Å². The molecule has 1 rings (SSSR count). The Morgan fingerprint density at radius 1 is 1.54 bits per heavy atom. The molecule has 1 fully saturated rings. The van der Waals surface area contributed by atoms with Crippen LogP contribution in [-0.4, -0.2) is 37.0 Å². The van der Waals surface area contributed by atoms with Crippen LogP contribution in [0.25, 0.3) is 0 Å². The van der Waals surface area contributed by atoms with Crippen molar-refractivity contribution in [2.75, 3.05) is 20.1 Å². The SMILES string of the molecule is CC[C@@H]1CCCCN1C(=O)CNC. The zero-order valence-corrected chi connectivity index (χ0v) is 8.68. The third kappa shape index (κ3) is 2.69. The highest BCUT2D eigenvalue weighted by molar-refractivity contribution is 5.78. The van der Waals surface area contributed by atoms with Crippen molar-refractivity contribution in [3.05, 3.63) is 0 Å². The minimum Gasteiger partial charge on any atom is -0.339 e. The van der Waals surface area contributed by atoms with E-state index in [1.807, 2.05) is 11.9 Å². The van der Waals surface area contributed by atoms with Crippen LogP contribution >= 0.6 is 0 Å². The van der Waals surface area contributed by atoms with Crippen molar-refractivity contribution in [3.8, 4) is 0 Å². The van der Waals surface area contributed by atoms with Crippen LogP contribution in [0.5, 0.6) is 0 Å². The summed E-state index contributed by atoms with van der Waals surface area (Å²) in [5.74, 6) is 0.258. The predicted molar refractivity (Wildman–Crippen MR) is 53.6 cm³/mol. The maximum absolute atomic E-state index is 11.6. The molecule has 1 heterocycles. The molecule has 1 N–H and O–H groups in total. The summed E-state index contributed by atoms with van der Waals surface area (Å²) in [5.41, 5.74) is 0. The molecule has 3 nitrogen and oxygen atoms in total. The highest BCUT2D eigenvalue weighted by atomic mass is 16.2. The van der Waals surface area contributed by atoms with Gasteiger partial charge in [0, 0.05) is 12.6 Å². The first-order valence-corrected chi connectivity index (χ1v) is 5.23. The van der Waals surface area contributed by atoms with E-state index in [-0.39, 0.29) is 5.91 Å². The molecule has 0 saturated carbocycles. The molecule has 0 aromatic carbocycles. The molecule has 0 bridgehead atoms. The van der Waals surface area contributed by atoms with E-state index in [0.717, 1.165) is 13.0 Å². The summed E-state index contributed by atoms with van der Waals surface area (Å²) in [7, 11) is 1.82. The maximum atomic E-state index is 11.6. The number of hydrogen-bond acceptors (Lipinski definition) is 2. The fourth-order valence-electron chi connectivity index (χ4n) is 2.01. The molecule has 0 aromatic rings. The van der Waals surface area contributed by atoms with Crippen molar-refractivity contribution in [3.63, 3.8) is 0 Å². The van der Waals surface area contributed by atoms with Gasteiger partial charge < -0.3 is 10.2 Å². The number of nitrogens with one attached hydrogen (secondary N) is 1. The molecule has 13 heavy (non-hydrogen) atoms. The molecule has 3 heteroatoms. The second-order valence-electron chi connectivity index (χ2n) is 3.68. The van der Waals surface area contributed by atoms with Crippen molar-refractivity contribution in [2.24, 2.45) is 0 Å². The number of carbonyl (C=O) groups is 1. The summed E-state index contributed by atoms with van der Waals surface area (Å²) in [6, 6.07) is 0.495. The van der Waals surface area contributed by atoms with Crippen molar-refractivity contribution in [2.45, 2.75) is 38.6 Å². The van der Waals surface area contributed by atoms with Crippen LogP contribution in [0.3, 0.4) is 0 Å². The van der Waals surface area contributed by atoms with E-state index in [4.69, 9.17) is 0 Å². The quantitative estimate of drug-likeness (QED) is 0.709. The molecular formula is C10H20N2O. The predicted octanol–water partition coefficient (Wildman–Crippen LogP) is 0.997. The minimum atomic E-state index is 0.258. The van der Waals surface area contributed by atoms with Gasteiger partial charge in [0.1, 0.15) is 0 Å². The molecule has 0 unspecified atom stereocenters. The van der Waals surface area contributed by atoms with Crippen LogP contribution in [0.15, 0.2) is 0 Å². The number of piperidine rings is 1. The van der Waals surface area contributed by atoms with Crippen LogP contribution in [0.4, 0.5) is 0 Å². The van der Waals surface area contributed by atoms with Gasteiger partial charge in [-0.15, -0.1) is 0 Å². The third-order valence-electron chi connectivity index (χ3n) is 2.75. The van der Waals surface area contributed by atoms with Gasteiger partial charge in [-0.25, -0.2) is 0 Å². The van der Waals surface area contributed by atoms with Crippen molar-refractivity contribution in [1.82, 2.24) is 10.2 Å². The van der Waals surface area contributed by atoms with Gasteiger partial charge in [-0.1, -0.05) is 6.92 Å². The number of hydrogen-bond donors (Lipinski definition) is 1. The van der Waals surface area contributed by atoms with E-state index in [1.54, 1.807) is 0 Å². The molecule has 76 valence electrons. The van der Waals surface area contributed by atoms with Gasteiger partial charge >= 0.3 is 0 Å². The summed E-state index contributed by atoms with van der Waals surface area (Å²) in [5, 5.41) is 2.92. The van der Waals surface area contributed by atoms with Gasteiger partial charge in [0.15, 0.2) is 0 Å². The number of likely N-dealkylation sites (N-methyl/N-ethyl adjacent to an activating group) is 1. The fraction of sp³-hybridized carbons (Fsp3) is 0.900. The Kier molecular flexibility index (Phi) is 4.22. The number of rotatable bonds is 3. The Bertz CT molecular complexity index is 170. The molecule has 0 radical (unpaired) electrons. The molecule has 1 amide bonds. The van der Waals surface area contributed by atoms with Gasteiger partial charge in [-0.2, -0.15) is 0 Å². The van der Waals surface area contributed by atoms with E-state index in [9.17, 15) is 4.79 Å². The van der Waals surface area contributed by atoms with Gasteiger partial charge in [-0.05, 0) is 32.7 Å². The highest BCUT2D eigenvalue weighted by Crippen LogP contribution is 2.18. The van der Waals surface area contributed by atoms with Crippen LogP contribution in [-0.2, 0) is 4.79 Å². The molecule has 1 saturated heterocycles. The Balaban J connectivity index is 2.48. The third-order valence-corrected chi connectivity index (χ3v) is 2.75. The van der Waals surface area contributed by atoms with E-state index < -0.39 is 0 Å². The Morgan fingerprint density at radius 3 is 2.92 bits per heavy atom. The summed E-state index contributed by atoms with van der Waals surface area (Å²) < 4.78 is 0. The lowest BCUT2D eigenvalue weighted by Gasteiger charge is -2.35. The van der Waals surface area contributed by atoms with Gasteiger partial charge in [0.25, 0.3) is 0 Å². The van der Waals surface area contributed by atoms with E-state index in [0.29, 0.717) is 12.6 Å². The monoisotopic (exact) mass is 184 g/mol. The number of nitrogens with zero attached hydrogens (tertiary/aromatic N) is 1. The summed E-state index contributed by atoms with van der Waals surface area (Å²) in [6.45, 7) is 3.60. The maximum Gasteiger partial charge on any atom is 0.236 e. The van der Waals surface area contributed by atoms with Crippen LogP contribution in [0.2, 0.25) is 0 Å². The van der Waals surface area contributed by atoms with Crippen molar-refractivity contribution >= 4 is 5.91 Å². The topological polar surface area (TPSA) is 32.3 Å². The molecule has 0 spiro atoms. The van der Waals surface area contributed by atoms with Crippen LogP contribution < -0.4 is 5.32 Å². The van der Waals surface area contributed by atoms with Crippen LogP contribution in [0.1, 0.15) is 32.6 Å². The first-order chi connectivity index (χ1) is 6.29. The van der Waals surface area contributed by atoms with Gasteiger partial charge in [0.2, 0.25) is 5.91 Å². The highest BCUT2D eigenvalue weighted by Gasteiger charge is 2.24. The lowest BCUT2D eigenvalue weighted by Crippen LogP contribution is -2.46. The Morgan fingerprint density at radius 2 is 2.31 bits per heavy atom. The Hall–Kier alpha value is -0.570. The largest absolute Gasteiger partial charge is 0.339 e. The molecule has 1 aliphatic heterocycles. The number of amides is 1. The zero-order chi connectivity index (χ0) is 9.68. The molecule has 0 aliphatic carbocycles. The summed E-state index contributed by atoms with van der Waals surface area (Å²) in [4.78, 5) is 13.7. The first-order valence-electron chi connectivity index (χ1n) is 5.23. The van der Waals surface area contributed by atoms with E-state index in [1.165, 1.54) is 19.3 Å². The fourth-order valence-corrected chi connectivity index (χ4v) is 2.01. The van der Waals surface area contributed by atoms with Crippen molar-refractivity contribution in [1.29, 1.82) is 0 Å². The van der Waals surface area contributed by atoms with Gasteiger partial charge in [-0.3, -0.25) is 4.79 Å². The van der Waals surface area contributed by atoms with Crippen LogP contribution in [0, 0.1) is 0 Å². The first kappa shape index (κ1) is 10.5. The molecule has 1 aliphatic rings. The minimum absolute atomic E-state index is 0.258. The summed E-state index contributed by atoms with van der Waals surface area (Å²) in [6.07, 6.45) is 4.73. The molecule has 0 aromatic heterocycles. The zero-order valence-electron chi connectivity index (χ0n) is 8.68. The second kappa shape index (κ2) is 5.22. The normalized spacial score (nSPS) is 23.2. The second-order valence-corrected chi connectivity index (χ2v) is 3.68. The van der Waals surface area contributed by atoms with E-state index >= 15 is 0 Å². The number of carbonyl (C=O) groups excluding carboxylic acids is 1. The Labute approximate surface area is 80.5 Å². The lowest BCUT2D eigenvalue weighted by atomic mass is 10.00. The average molecular weight is 184 g/mol.